The molecule has 0 bridgehead atoms. The zero-order chi connectivity index (χ0) is 13.9. The zero-order valence-corrected chi connectivity index (χ0v) is 12.1. The minimum absolute atomic E-state index is 0.429. The molecule has 0 aromatic rings. The maximum atomic E-state index is 9.72. The molecule has 7 heteroatoms. The molecule has 6 nitrogen and oxygen atoms in total. The van der Waals surface area contributed by atoms with Gasteiger partial charge in [0.15, 0.2) is 6.29 Å². The molecule has 108 valence electrons. The predicted molar refractivity (Wildman–Crippen MR) is 67.9 cm³/mol. The van der Waals surface area contributed by atoms with E-state index < -0.39 is 45.4 Å². The van der Waals surface area contributed by atoms with Gasteiger partial charge in [-0.1, -0.05) is 19.6 Å². The van der Waals surface area contributed by atoms with E-state index in [9.17, 15) is 15.3 Å². The zero-order valence-electron chi connectivity index (χ0n) is 11.1. The molecule has 18 heavy (non-hydrogen) atoms. The maximum absolute atomic E-state index is 9.72. The van der Waals surface area contributed by atoms with Crippen LogP contribution in [0.3, 0.4) is 0 Å². The SMILES string of the molecule is C[Si](C)(C)CCO[C@@H]1O[C@H](CO)[C@@H](O)C(O)[C@@H]1O. The van der Waals surface area contributed by atoms with E-state index in [0.717, 1.165) is 6.04 Å². The number of rotatable bonds is 5. The fourth-order valence-electron chi connectivity index (χ4n) is 1.69. The molecule has 0 radical (unpaired) electrons. The topological polar surface area (TPSA) is 99.4 Å². The number of aliphatic hydroxyl groups is 4. The van der Waals surface area contributed by atoms with Crippen LogP contribution < -0.4 is 0 Å². The van der Waals surface area contributed by atoms with Crippen LogP contribution in [0.15, 0.2) is 0 Å². The van der Waals surface area contributed by atoms with Gasteiger partial charge in [0, 0.05) is 14.7 Å². The summed E-state index contributed by atoms with van der Waals surface area (Å²) in [6, 6.07) is 0.905. The molecule has 0 spiro atoms. The second kappa shape index (κ2) is 6.42. The van der Waals surface area contributed by atoms with E-state index in [1.807, 2.05) is 0 Å². The van der Waals surface area contributed by atoms with Crippen LogP contribution in [0.4, 0.5) is 0 Å². The standard InChI is InChI=1S/C11H24O6Si/c1-18(2,3)5-4-16-11-10(15)9(14)8(13)7(6-12)17-11/h7-15H,4-6H2,1-3H3/t7-,8-,9?,10+,11-/m1/s1. The molecule has 1 heterocycles. The van der Waals surface area contributed by atoms with E-state index in [1.54, 1.807) is 0 Å². The van der Waals surface area contributed by atoms with Crippen LogP contribution in [-0.4, -0.2) is 72.4 Å². The van der Waals surface area contributed by atoms with Crippen LogP contribution in [0.2, 0.25) is 25.7 Å². The minimum Gasteiger partial charge on any atom is -0.394 e. The highest BCUT2D eigenvalue weighted by molar-refractivity contribution is 6.76. The van der Waals surface area contributed by atoms with Crippen molar-refractivity contribution in [3.63, 3.8) is 0 Å². The highest BCUT2D eigenvalue weighted by Crippen LogP contribution is 2.22. The summed E-state index contributed by atoms with van der Waals surface area (Å²) in [6.07, 6.45) is -5.91. The molecule has 0 aromatic carbocycles. The average Bonchev–Trinajstić information content (AvgIpc) is 2.27. The van der Waals surface area contributed by atoms with Crippen molar-refractivity contribution in [2.24, 2.45) is 0 Å². The second-order valence-corrected chi connectivity index (χ2v) is 11.5. The van der Waals surface area contributed by atoms with Crippen molar-refractivity contribution >= 4 is 8.07 Å². The van der Waals surface area contributed by atoms with Crippen LogP contribution in [0, 0.1) is 0 Å². The lowest BCUT2D eigenvalue weighted by Crippen LogP contribution is -2.59. The fourth-order valence-corrected chi connectivity index (χ4v) is 2.42. The molecule has 1 aliphatic heterocycles. The van der Waals surface area contributed by atoms with Crippen LogP contribution >= 0.6 is 0 Å². The summed E-state index contributed by atoms with van der Waals surface area (Å²) in [6.45, 7) is 6.59. The van der Waals surface area contributed by atoms with E-state index in [4.69, 9.17) is 14.6 Å². The number of ether oxygens (including phenoxy) is 2. The van der Waals surface area contributed by atoms with Gasteiger partial charge in [0.1, 0.15) is 24.4 Å². The third kappa shape index (κ3) is 4.27. The Hall–Kier alpha value is -0.0231. The molecular weight excluding hydrogens is 256 g/mol. The first kappa shape index (κ1) is 16.0. The summed E-state index contributed by atoms with van der Waals surface area (Å²) in [4.78, 5) is 0. The smallest absolute Gasteiger partial charge is 0.186 e. The molecule has 1 saturated heterocycles. The van der Waals surface area contributed by atoms with Crippen molar-refractivity contribution in [2.75, 3.05) is 13.2 Å². The third-order valence-corrected chi connectivity index (χ3v) is 4.69. The van der Waals surface area contributed by atoms with Crippen LogP contribution in [0.5, 0.6) is 0 Å². The molecule has 1 unspecified atom stereocenters. The van der Waals surface area contributed by atoms with Gasteiger partial charge in [-0.2, -0.15) is 0 Å². The molecule has 0 aliphatic carbocycles. The monoisotopic (exact) mass is 280 g/mol. The molecule has 1 aliphatic rings. The highest BCUT2D eigenvalue weighted by atomic mass is 28.3. The van der Waals surface area contributed by atoms with Crippen molar-refractivity contribution in [2.45, 2.75) is 56.4 Å². The van der Waals surface area contributed by atoms with Gasteiger partial charge in [-0.25, -0.2) is 0 Å². The van der Waals surface area contributed by atoms with E-state index in [0.29, 0.717) is 6.61 Å². The van der Waals surface area contributed by atoms with Gasteiger partial charge in [0.25, 0.3) is 0 Å². The van der Waals surface area contributed by atoms with Crippen molar-refractivity contribution in [3.05, 3.63) is 0 Å². The first-order chi connectivity index (χ1) is 8.26. The molecule has 4 N–H and O–H groups in total. The van der Waals surface area contributed by atoms with E-state index in [2.05, 4.69) is 19.6 Å². The van der Waals surface area contributed by atoms with Crippen molar-refractivity contribution in [1.29, 1.82) is 0 Å². The fraction of sp³-hybridized carbons (Fsp3) is 1.00. The van der Waals surface area contributed by atoms with Crippen molar-refractivity contribution in [1.82, 2.24) is 0 Å². The Morgan fingerprint density at radius 3 is 2.17 bits per heavy atom. The molecular formula is C11H24O6Si. The Kier molecular flexibility index (Phi) is 5.72. The molecule has 0 amide bonds. The lowest BCUT2D eigenvalue weighted by atomic mass is 9.99. The Balaban J connectivity index is 2.49. The van der Waals surface area contributed by atoms with Crippen LogP contribution in [-0.2, 0) is 9.47 Å². The van der Waals surface area contributed by atoms with Crippen molar-refractivity contribution < 1.29 is 29.9 Å². The first-order valence-corrected chi connectivity index (χ1v) is 9.89. The quantitative estimate of drug-likeness (QED) is 0.489. The summed E-state index contributed by atoms with van der Waals surface area (Å²) in [5.74, 6) is 0. The summed E-state index contributed by atoms with van der Waals surface area (Å²) in [5, 5.41) is 37.9. The molecule has 1 fully saturated rings. The van der Waals surface area contributed by atoms with Gasteiger partial charge in [-0.05, 0) is 6.04 Å². The Morgan fingerprint density at radius 2 is 1.67 bits per heavy atom. The normalized spacial score (nSPS) is 37.8. The maximum Gasteiger partial charge on any atom is 0.186 e. The van der Waals surface area contributed by atoms with Gasteiger partial charge in [0.2, 0.25) is 0 Å². The van der Waals surface area contributed by atoms with Gasteiger partial charge >= 0.3 is 0 Å². The minimum atomic E-state index is -1.37. The van der Waals surface area contributed by atoms with Gasteiger partial charge in [0.05, 0.1) is 6.61 Å². The molecule has 1 rings (SSSR count). The van der Waals surface area contributed by atoms with E-state index >= 15 is 0 Å². The second-order valence-electron chi connectivity index (χ2n) is 5.88. The van der Waals surface area contributed by atoms with E-state index in [1.165, 1.54) is 0 Å². The first-order valence-electron chi connectivity index (χ1n) is 6.18. The Morgan fingerprint density at radius 1 is 1.06 bits per heavy atom. The summed E-state index contributed by atoms with van der Waals surface area (Å²) in [5.41, 5.74) is 0. The Labute approximate surface area is 108 Å². The van der Waals surface area contributed by atoms with Crippen LogP contribution in [0.1, 0.15) is 0 Å². The van der Waals surface area contributed by atoms with E-state index in [-0.39, 0.29) is 0 Å². The molecule has 0 saturated carbocycles. The third-order valence-electron chi connectivity index (χ3n) is 2.98. The summed E-state index contributed by atoms with van der Waals surface area (Å²) in [7, 11) is -1.24. The lowest BCUT2D eigenvalue weighted by Gasteiger charge is -2.39. The number of hydrogen-bond acceptors (Lipinski definition) is 6. The van der Waals surface area contributed by atoms with Crippen LogP contribution in [0.25, 0.3) is 0 Å². The molecule has 0 aromatic heterocycles. The number of hydrogen-bond donors (Lipinski definition) is 4. The predicted octanol–water partition coefficient (Wildman–Crippen LogP) is -0.859. The Bertz CT molecular complexity index is 254. The van der Waals surface area contributed by atoms with Crippen molar-refractivity contribution in [3.8, 4) is 0 Å². The molecule has 5 atom stereocenters. The summed E-state index contributed by atoms with van der Waals surface area (Å²) >= 11 is 0. The summed E-state index contributed by atoms with van der Waals surface area (Å²) < 4.78 is 10.6. The average molecular weight is 280 g/mol. The largest absolute Gasteiger partial charge is 0.394 e. The van der Waals surface area contributed by atoms with Gasteiger partial charge in [-0.15, -0.1) is 0 Å². The highest BCUT2D eigenvalue weighted by Gasteiger charge is 2.43. The van der Waals surface area contributed by atoms with Gasteiger partial charge in [-0.3, -0.25) is 0 Å². The lowest BCUT2D eigenvalue weighted by molar-refractivity contribution is -0.300. The number of aliphatic hydroxyl groups excluding tert-OH is 4. The van der Waals surface area contributed by atoms with Gasteiger partial charge < -0.3 is 29.9 Å².